The van der Waals surface area contributed by atoms with E-state index in [2.05, 4.69) is 31.2 Å². The van der Waals surface area contributed by atoms with Crippen LogP contribution in [0.3, 0.4) is 0 Å². The highest BCUT2D eigenvalue weighted by Crippen LogP contribution is 2.33. The molecule has 29 heavy (non-hydrogen) atoms. The zero-order chi connectivity index (χ0) is 20.1. The van der Waals surface area contributed by atoms with Gasteiger partial charge in [0.2, 0.25) is 0 Å². The zero-order valence-corrected chi connectivity index (χ0v) is 17.5. The van der Waals surface area contributed by atoms with Crippen LogP contribution in [0.5, 0.6) is 11.5 Å². The largest absolute Gasteiger partial charge is 0.453 e. The number of halogens is 2. The summed E-state index contributed by atoms with van der Waals surface area (Å²) in [5, 5.41) is 5.84. The van der Waals surface area contributed by atoms with Crippen molar-refractivity contribution in [2.75, 3.05) is 5.32 Å². The topological polar surface area (TPSA) is 47.0 Å². The van der Waals surface area contributed by atoms with E-state index in [1.54, 1.807) is 24.4 Å². The van der Waals surface area contributed by atoms with Gasteiger partial charge in [0.15, 0.2) is 16.7 Å². The minimum absolute atomic E-state index is 0.318. The monoisotopic (exact) mass is 467 g/mol. The molecule has 4 aromatic rings. The number of rotatable bonds is 6. The lowest BCUT2D eigenvalue weighted by Crippen LogP contribution is -1.97. The Kier molecular flexibility index (Phi) is 5.97. The summed E-state index contributed by atoms with van der Waals surface area (Å²) < 4.78 is 19.8. The Labute approximate surface area is 179 Å². The number of hydrogen-bond acceptors (Lipinski definition) is 5. The Morgan fingerprint density at radius 2 is 1.83 bits per heavy atom. The maximum Gasteiger partial charge on any atom is 0.188 e. The smallest absolute Gasteiger partial charge is 0.188 e. The Hall–Kier alpha value is -3.03. The SMILES string of the molecule is Fc1ccc(Oc2cc(Br)cnc2Nc2nc(C=Cc3ccccc3)cs2)cc1. The van der Waals surface area contributed by atoms with Crippen molar-refractivity contribution in [3.05, 3.63) is 93.8 Å². The van der Waals surface area contributed by atoms with Crippen LogP contribution in [-0.4, -0.2) is 9.97 Å². The molecule has 0 fully saturated rings. The fraction of sp³-hybridized carbons (Fsp3) is 0. The van der Waals surface area contributed by atoms with E-state index in [0.29, 0.717) is 22.4 Å². The number of pyridine rings is 1. The van der Waals surface area contributed by atoms with Crippen LogP contribution in [0.25, 0.3) is 12.2 Å². The van der Waals surface area contributed by atoms with Gasteiger partial charge in [-0.3, -0.25) is 0 Å². The van der Waals surface area contributed by atoms with Crippen molar-refractivity contribution in [1.82, 2.24) is 9.97 Å². The molecule has 2 aromatic carbocycles. The summed E-state index contributed by atoms with van der Waals surface area (Å²) in [5.74, 6) is 1.22. The van der Waals surface area contributed by atoms with Gasteiger partial charge in [-0.1, -0.05) is 36.4 Å². The van der Waals surface area contributed by atoms with E-state index in [1.807, 2.05) is 47.9 Å². The maximum absolute atomic E-state index is 13.1. The number of thiazole rings is 1. The number of hydrogen-bond donors (Lipinski definition) is 1. The van der Waals surface area contributed by atoms with E-state index in [-0.39, 0.29) is 5.82 Å². The highest BCUT2D eigenvalue weighted by Gasteiger charge is 2.10. The molecule has 0 aliphatic heterocycles. The number of aromatic nitrogens is 2. The molecule has 0 radical (unpaired) electrons. The Morgan fingerprint density at radius 1 is 1.03 bits per heavy atom. The molecule has 1 N–H and O–H groups in total. The minimum Gasteiger partial charge on any atom is -0.453 e. The van der Waals surface area contributed by atoms with E-state index in [1.165, 1.54) is 23.5 Å². The second-order valence-electron chi connectivity index (χ2n) is 6.00. The number of benzene rings is 2. The summed E-state index contributed by atoms with van der Waals surface area (Å²) in [6.07, 6.45) is 5.64. The van der Waals surface area contributed by atoms with Crippen LogP contribution in [0.4, 0.5) is 15.3 Å². The predicted molar refractivity (Wildman–Crippen MR) is 119 cm³/mol. The van der Waals surface area contributed by atoms with Crippen LogP contribution >= 0.6 is 27.3 Å². The number of nitrogens with zero attached hydrogens (tertiary/aromatic N) is 2. The van der Waals surface area contributed by atoms with Gasteiger partial charge in [-0.25, -0.2) is 14.4 Å². The van der Waals surface area contributed by atoms with Crippen molar-refractivity contribution in [2.45, 2.75) is 0 Å². The third-order valence-electron chi connectivity index (χ3n) is 3.85. The van der Waals surface area contributed by atoms with Gasteiger partial charge >= 0.3 is 0 Å². The van der Waals surface area contributed by atoms with Gasteiger partial charge < -0.3 is 10.1 Å². The van der Waals surface area contributed by atoms with Crippen LogP contribution in [0.15, 0.2) is 76.7 Å². The molecular weight excluding hydrogens is 453 g/mol. The zero-order valence-electron chi connectivity index (χ0n) is 15.0. The Balaban J connectivity index is 1.51. The molecule has 0 saturated carbocycles. The first-order valence-corrected chi connectivity index (χ1v) is 10.4. The molecule has 0 atom stereocenters. The Morgan fingerprint density at radius 3 is 2.62 bits per heavy atom. The van der Waals surface area contributed by atoms with Gasteiger partial charge in [-0.05, 0) is 51.8 Å². The third kappa shape index (κ3) is 5.28. The predicted octanol–water partition coefficient (Wildman–Crippen LogP) is 7.15. The molecule has 0 unspecified atom stereocenters. The van der Waals surface area contributed by atoms with Crippen molar-refractivity contribution in [3.8, 4) is 11.5 Å². The molecule has 0 aliphatic rings. The molecule has 2 aromatic heterocycles. The molecule has 0 spiro atoms. The average Bonchev–Trinajstić information content (AvgIpc) is 3.18. The van der Waals surface area contributed by atoms with Crippen molar-refractivity contribution in [1.29, 1.82) is 0 Å². The molecule has 4 nitrogen and oxygen atoms in total. The number of ether oxygens (including phenoxy) is 1. The minimum atomic E-state index is -0.318. The molecule has 2 heterocycles. The second-order valence-corrected chi connectivity index (χ2v) is 7.78. The highest BCUT2D eigenvalue weighted by molar-refractivity contribution is 9.10. The second kappa shape index (κ2) is 8.98. The first-order valence-electron chi connectivity index (χ1n) is 8.70. The van der Waals surface area contributed by atoms with Gasteiger partial charge in [-0.15, -0.1) is 11.3 Å². The van der Waals surface area contributed by atoms with Gasteiger partial charge in [0, 0.05) is 22.1 Å². The standard InChI is InChI=1S/C22H15BrFN3OS/c23-16-12-20(28-19-10-7-17(24)8-11-19)21(25-13-16)27-22-26-18(14-29-22)9-6-15-4-2-1-3-5-15/h1-14H,(H,25,26,27). The van der Waals surface area contributed by atoms with E-state index < -0.39 is 0 Å². The summed E-state index contributed by atoms with van der Waals surface area (Å²) >= 11 is 4.87. The highest BCUT2D eigenvalue weighted by atomic mass is 79.9. The summed E-state index contributed by atoms with van der Waals surface area (Å²) in [7, 11) is 0. The van der Waals surface area contributed by atoms with Crippen LogP contribution in [0.2, 0.25) is 0 Å². The third-order valence-corrected chi connectivity index (χ3v) is 5.06. The molecule has 7 heteroatoms. The first-order chi connectivity index (χ1) is 14.2. The van der Waals surface area contributed by atoms with Crippen LogP contribution < -0.4 is 10.1 Å². The molecular formula is C22H15BrFN3OS. The molecule has 0 aliphatic carbocycles. The van der Waals surface area contributed by atoms with Crippen molar-refractivity contribution in [3.63, 3.8) is 0 Å². The summed E-state index contributed by atoms with van der Waals surface area (Å²) in [6, 6.07) is 17.7. The van der Waals surface area contributed by atoms with Crippen molar-refractivity contribution < 1.29 is 9.13 Å². The average molecular weight is 468 g/mol. The fourth-order valence-corrected chi connectivity index (χ4v) is 3.48. The van der Waals surface area contributed by atoms with Gasteiger partial charge in [-0.2, -0.15) is 0 Å². The maximum atomic E-state index is 13.1. The quantitative estimate of drug-likeness (QED) is 0.327. The van der Waals surface area contributed by atoms with E-state index >= 15 is 0 Å². The number of nitrogens with one attached hydrogen (secondary N) is 1. The summed E-state index contributed by atoms with van der Waals surface area (Å²) in [6.45, 7) is 0. The molecule has 0 bridgehead atoms. The molecule has 0 amide bonds. The van der Waals surface area contributed by atoms with E-state index in [0.717, 1.165) is 15.7 Å². The van der Waals surface area contributed by atoms with E-state index in [9.17, 15) is 4.39 Å². The lowest BCUT2D eigenvalue weighted by atomic mass is 10.2. The fourth-order valence-electron chi connectivity index (χ4n) is 2.49. The van der Waals surface area contributed by atoms with Gasteiger partial charge in [0.1, 0.15) is 11.6 Å². The van der Waals surface area contributed by atoms with E-state index in [4.69, 9.17) is 4.74 Å². The first kappa shape index (κ1) is 19.3. The van der Waals surface area contributed by atoms with Gasteiger partial charge in [0.25, 0.3) is 0 Å². The molecule has 0 saturated heterocycles. The Bertz CT molecular complexity index is 1130. The van der Waals surface area contributed by atoms with Gasteiger partial charge in [0.05, 0.1) is 5.69 Å². The molecule has 144 valence electrons. The van der Waals surface area contributed by atoms with Crippen molar-refractivity contribution in [2.24, 2.45) is 0 Å². The van der Waals surface area contributed by atoms with Crippen LogP contribution in [-0.2, 0) is 0 Å². The summed E-state index contributed by atoms with van der Waals surface area (Å²) in [5.41, 5.74) is 1.96. The molecule has 4 rings (SSSR count). The lowest BCUT2D eigenvalue weighted by Gasteiger charge is -2.11. The van der Waals surface area contributed by atoms with Crippen molar-refractivity contribution >= 4 is 50.4 Å². The number of anilines is 2. The normalized spacial score (nSPS) is 11.0. The van der Waals surface area contributed by atoms with Crippen LogP contribution in [0.1, 0.15) is 11.3 Å². The van der Waals surface area contributed by atoms with Crippen LogP contribution in [0, 0.1) is 5.82 Å². The lowest BCUT2D eigenvalue weighted by molar-refractivity contribution is 0.480. The summed E-state index contributed by atoms with van der Waals surface area (Å²) in [4.78, 5) is 8.95.